The molecule has 28 heavy (non-hydrogen) atoms. The molecule has 0 spiro atoms. The van der Waals surface area contributed by atoms with Crippen LogP contribution in [-0.2, 0) is 0 Å². The van der Waals surface area contributed by atoms with Crippen LogP contribution in [0.4, 0.5) is 0 Å². The number of hydrogen-bond donors (Lipinski definition) is 0. The second-order valence-electron chi connectivity index (χ2n) is 5.34. The summed E-state index contributed by atoms with van der Waals surface area (Å²) in [5.41, 5.74) is 3.00. The normalized spacial score (nSPS) is 10.5. The predicted molar refractivity (Wildman–Crippen MR) is 118 cm³/mol. The zero-order valence-electron chi connectivity index (χ0n) is 14.6. The second-order valence-corrected chi connectivity index (χ2v) is 7.82. The first kappa shape index (κ1) is 21.0. The lowest BCUT2D eigenvalue weighted by molar-refractivity contribution is 0.412. The maximum Gasteiger partial charge on any atom is 0.148 e. The van der Waals surface area contributed by atoms with E-state index in [0.29, 0.717) is 16.1 Å². The summed E-state index contributed by atoms with van der Waals surface area (Å²) in [6.45, 7) is 0. The average molecular weight is 547 g/mol. The van der Waals surface area contributed by atoms with E-state index in [0.717, 1.165) is 36.8 Å². The van der Waals surface area contributed by atoms with Crippen molar-refractivity contribution >= 4 is 77.1 Å². The van der Waals surface area contributed by atoms with E-state index >= 15 is 0 Å². The second kappa shape index (κ2) is 9.17. The van der Waals surface area contributed by atoms with Gasteiger partial charge in [0.2, 0.25) is 0 Å². The van der Waals surface area contributed by atoms with Gasteiger partial charge in [-0.2, -0.15) is 0 Å². The van der Waals surface area contributed by atoms with Gasteiger partial charge in [0.05, 0.1) is 57.6 Å². The van der Waals surface area contributed by atoms with Gasteiger partial charge < -0.3 is 9.47 Å². The van der Waals surface area contributed by atoms with Gasteiger partial charge in [0.15, 0.2) is 0 Å². The molecule has 0 aliphatic rings. The molecule has 6 nitrogen and oxygen atoms in total. The molecule has 0 unspecified atom stereocenters. The minimum absolute atomic E-state index is 0.377. The smallest absolute Gasteiger partial charge is 0.148 e. The summed E-state index contributed by atoms with van der Waals surface area (Å²) in [5.74, 6) is 1.45. The SMILES string of the molecule is COc1cc2nc(Cl)cnc2cc1Br.COc1cc2ncc(Cl)nc2cc1Br. The van der Waals surface area contributed by atoms with Crippen LogP contribution in [-0.4, -0.2) is 34.2 Å². The Balaban J connectivity index is 0.000000161. The fourth-order valence-electron chi connectivity index (χ4n) is 2.30. The van der Waals surface area contributed by atoms with Crippen LogP contribution in [0.2, 0.25) is 10.3 Å². The quantitative estimate of drug-likeness (QED) is 0.302. The molecular formula is C18H12Br2Cl2N4O2. The van der Waals surface area contributed by atoms with Gasteiger partial charge in [-0.05, 0) is 44.0 Å². The number of hydrogen-bond acceptors (Lipinski definition) is 6. The van der Waals surface area contributed by atoms with E-state index in [-0.39, 0.29) is 0 Å². The number of aromatic nitrogens is 4. The number of nitrogens with zero attached hydrogens (tertiary/aromatic N) is 4. The van der Waals surface area contributed by atoms with Crippen LogP contribution in [0.25, 0.3) is 22.1 Å². The zero-order chi connectivity index (χ0) is 20.3. The molecule has 4 rings (SSSR count). The van der Waals surface area contributed by atoms with E-state index in [2.05, 4.69) is 51.8 Å². The molecule has 10 heteroatoms. The number of methoxy groups -OCH3 is 2. The van der Waals surface area contributed by atoms with Crippen LogP contribution in [0.5, 0.6) is 11.5 Å². The van der Waals surface area contributed by atoms with Gasteiger partial charge in [-0.25, -0.2) is 9.97 Å². The van der Waals surface area contributed by atoms with Gasteiger partial charge in [0, 0.05) is 12.1 Å². The Morgan fingerprint density at radius 2 is 1.07 bits per heavy atom. The Morgan fingerprint density at radius 3 is 1.57 bits per heavy atom. The lowest BCUT2D eigenvalue weighted by Crippen LogP contribution is -1.88. The van der Waals surface area contributed by atoms with Crippen molar-refractivity contribution in [2.75, 3.05) is 14.2 Å². The Labute approximate surface area is 187 Å². The van der Waals surface area contributed by atoms with E-state index < -0.39 is 0 Å². The Kier molecular flexibility index (Phi) is 6.87. The molecule has 0 atom stereocenters. The van der Waals surface area contributed by atoms with Gasteiger partial charge in [-0.1, -0.05) is 23.2 Å². The Bertz CT molecular complexity index is 1160. The standard InChI is InChI=1S/2C9H6BrClN2O/c1-14-8-3-6-7(2-5(8)10)13-9(11)4-12-6;1-14-8-3-7-6(2-5(8)10)12-4-9(11)13-7/h2*2-4H,1H3. The largest absolute Gasteiger partial charge is 0.495 e. The molecule has 0 aliphatic heterocycles. The minimum atomic E-state index is 0.377. The first-order valence-corrected chi connectivity index (χ1v) is 10.1. The summed E-state index contributed by atoms with van der Waals surface area (Å²) in [5, 5.41) is 0.761. The molecule has 144 valence electrons. The van der Waals surface area contributed by atoms with Crippen molar-refractivity contribution in [2.45, 2.75) is 0 Å². The summed E-state index contributed by atoms with van der Waals surface area (Å²) in [4.78, 5) is 16.5. The van der Waals surface area contributed by atoms with Gasteiger partial charge >= 0.3 is 0 Å². The highest BCUT2D eigenvalue weighted by atomic mass is 79.9. The van der Waals surface area contributed by atoms with Crippen molar-refractivity contribution in [2.24, 2.45) is 0 Å². The number of rotatable bonds is 2. The summed E-state index contributed by atoms with van der Waals surface area (Å²) in [6, 6.07) is 7.27. The van der Waals surface area contributed by atoms with Gasteiger partial charge in [0.25, 0.3) is 0 Å². The number of benzene rings is 2. The molecular weight excluding hydrogens is 535 g/mol. The van der Waals surface area contributed by atoms with Crippen molar-refractivity contribution < 1.29 is 9.47 Å². The molecule has 2 aromatic carbocycles. The Hall–Kier alpha value is -1.74. The molecule has 2 heterocycles. The van der Waals surface area contributed by atoms with E-state index in [1.165, 1.54) is 12.4 Å². The van der Waals surface area contributed by atoms with Crippen molar-refractivity contribution in [1.29, 1.82) is 0 Å². The predicted octanol–water partition coefficient (Wildman–Crippen LogP) is 6.11. The first-order chi connectivity index (χ1) is 13.4. The van der Waals surface area contributed by atoms with Crippen molar-refractivity contribution in [3.8, 4) is 11.5 Å². The Morgan fingerprint density at radius 1 is 0.679 bits per heavy atom. The van der Waals surface area contributed by atoms with Crippen LogP contribution in [0.15, 0.2) is 45.6 Å². The summed E-state index contributed by atoms with van der Waals surface area (Å²) in [7, 11) is 3.21. The van der Waals surface area contributed by atoms with Crippen LogP contribution >= 0.6 is 55.1 Å². The highest BCUT2D eigenvalue weighted by molar-refractivity contribution is 9.11. The van der Waals surface area contributed by atoms with E-state index in [4.69, 9.17) is 32.7 Å². The van der Waals surface area contributed by atoms with Gasteiger partial charge in [0.1, 0.15) is 21.8 Å². The summed E-state index contributed by atoms with van der Waals surface area (Å²) >= 11 is 18.2. The lowest BCUT2D eigenvalue weighted by Gasteiger charge is -2.04. The van der Waals surface area contributed by atoms with Crippen molar-refractivity contribution in [1.82, 2.24) is 19.9 Å². The number of ether oxygens (including phenoxy) is 2. The van der Waals surface area contributed by atoms with E-state index in [9.17, 15) is 0 Å². The molecule has 0 bridgehead atoms. The molecule has 2 aromatic heterocycles. The minimum Gasteiger partial charge on any atom is -0.495 e. The highest BCUT2D eigenvalue weighted by Crippen LogP contribution is 2.29. The average Bonchev–Trinajstić information content (AvgIpc) is 2.67. The summed E-state index contributed by atoms with van der Waals surface area (Å²) < 4.78 is 12.0. The fourth-order valence-corrected chi connectivity index (χ4v) is 3.56. The molecule has 0 saturated carbocycles. The number of fused-ring (bicyclic) bond motifs is 2. The molecule has 0 fully saturated rings. The van der Waals surface area contributed by atoms with Crippen LogP contribution < -0.4 is 9.47 Å². The molecule has 4 aromatic rings. The maximum atomic E-state index is 5.73. The monoisotopic (exact) mass is 544 g/mol. The van der Waals surface area contributed by atoms with Crippen LogP contribution in [0, 0.1) is 0 Å². The van der Waals surface area contributed by atoms with Crippen LogP contribution in [0.3, 0.4) is 0 Å². The lowest BCUT2D eigenvalue weighted by atomic mass is 10.3. The molecule has 0 N–H and O–H groups in total. The molecule has 0 amide bonds. The molecule has 0 radical (unpaired) electrons. The van der Waals surface area contributed by atoms with Crippen molar-refractivity contribution in [3.63, 3.8) is 0 Å². The topological polar surface area (TPSA) is 70.0 Å². The molecule has 0 saturated heterocycles. The zero-order valence-corrected chi connectivity index (χ0v) is 19.3. The van der Waals surface area contributed by atoms with E-state index in [1.54, 1.807) is 20.3 Å². The highest BCUT2D eigenvalue weighted by Gasteiger charge is 2.06. The summed E-state index contributed by atoms with van der Waals surface area (Å²) in [6.07, 6.45) is 3.03. The van der Waals surface area contributed by atoms with Gasteiger partial charge in [-0.15, -0.1) is 0 Å². The third kappa shape index (κ3) is 4.81. The van der Waals surface area contributed by atoms with Crippen LogP contribution in [0.1, 0.15) is 0 Å². The third-order valence-electron chi connectivity index (χ3n) is 3.57. The number of halogens is 4. The maximum absolute atomic E-state index is 5.73. The van der Waals surface area contributed by atoms with Crippen molar-refractivity contribution in [3.05, 3.63) is 55.9 Å². The molecule has 0 aliphatic carbocycles. The third-order valence-corrected chi connectivity index (χ3v) is 5.18. The first-order valence-electron chi connectivity index (χ1n) is 7.73. The fraction of sp³-hybridized carbons (Fsp3) is 0.111. The van der Waals surface area contributed by atoms with E-state index in [1.807, 2.05) is 18.2 Å². The van der Waals surface area contributed by atoms with Gasteiger partial charge in [-0.3, -0.25) is 9.97 Å².